The molecular formula is C13H24N2O. The third kappa shape index (κ3) is 2.65. The van der Waals surface area contributed by atoms with Crippen LogP contribution in [0.5, 0.6) is 0 Å². The van der Waals surface area contributed by atoms with Gasteiger partial charge in [-0.05, 0) is 45.7 Å². The SMILES string of the molecule is CN(C)CC(C)(O)CNC1CC2CC=CC21. The van der Waals surface area contributed by atoms with E-state index in [1.807, 2.05) is 25.9 Å². The Bertz CT molecular complexity index is 273. The van der Waals surface area contributed by atoms with Gasteiger partial charge in [0.15, 0.2) is 0 Å². The Morgan fingerprint density at radius 2 is 2.25 bits per heavy atom. The number of fused-ring (bicyclic) bond motifs is 1. The van der Waals surface area contributed by atoms with E-state index in [1.165, 1.54) is 12.8 Å². The van der Waals surface area contributed by atoms with Crippen LogP contribution in [0.15, 0.2) is 12.2 Å². The third-order valence-corrected chi connectivity index (χ3v) is 3.76. The number of nitrogens with zero attached hydrogens (tertiary/aromatic N) is 1. The van der Waals surface area contributed by atoms with Gasteiger partial charge in [-0.3, -0.25) is 0 Å². The highest BCUT2D eigenvalue weighted by Gasteiger charge is 2.41. The molecule has 4 atom stereocenters. The van der Waals surface area contributed by atoms with Crippen LogP contribution in [0.25, 0.3) is 0 Å². The zero-order chi connectivity index (χ0) is 11.8. The largest absolute Gasteiger partial charge is 0.388 e. The van der Waals surface area contributed by atoms with Crippen LogP contribution in [0.2, 0.25) is 0 Å². The molecule has 0 saturated heterocycles. The van der Waals surface area contributed by atoms with Crippen LogP contribution in [0.1, 0.15) is 19.8 Å². The van der Waals surface area contributed by atoms with Gasteiger partial charge in [0.05, 0.1) is 5.60 Å². The standard InChI is InChI=1S/C13H24N2O/c1-13(16,9-15(2)3)8-14-12-7-10-5-4-6-11(10)12/h4,6,10-12,14,16H,5,7-9H2,1-3H3. The van der Waals surface area contributed by atoms with Crippen LogP contribution in [-0.2, 0) is 0 Å². The maximum atomic E-state index is 10.2. The summed E-state index contributed by atoms with van der Waals surface area (Å²) in [6.45, 7) is 3.30. The van der Waals surface area contributed by atoms with E-state index in [2.05, 4.69) is 17.5 Å². The van der Waals surface area contributed by atoms with Crippen molar-refractivity contribution < 1.29 is 5.11 Å². The van der Waals surface area contributed by atoms with Gasteiger partial charge < -0.3 is 15.3 Å². The van der Waals surface area contributed by atoms with E-state index in [0.717, 1.165) is 11.8 Å². The van der Waals surface area contributed by atoms with E-state index < -0.39 is 5.60 Å². The zero-order valence-corrected chi connectivity index (χ0v) is 10.6. The summed E-state index contributed by atoms with van der Waals surface area (Å²) >= 11 is 0. The van der Waals surface area contributed by atoms with E-state index in [-0.39, 0.29) is 0 Å². The Kier molecular flexibility index (Phi) is 3.38. The molecule has 3 heteroatoms. The van der Waals surface area contributed by atoms with Gasteiger partial charge in [-0.1, -0.05) is 12.2 Å². The molecule has 16 heavy (non-hydrogen) atoms. The number of likely N-dealkylation sites (N-methyl/N-ethyl adjacent to an activating group) is 1. The first-order valence-electron chi connectivity index (χ1n) is 6.25. The molecule has 1 fully saturated rings. The number of allylic oxidation sites excluding steroid dienone is 1. The Morgan fingerprint density at radius 3 is 2.88 bits per heavy atom. The predicted octanol–water partition coefficient (Wildman–Crippen LogP) is 0.853. The first-order valence-corrected chi connectivity index (χ1v) is 6.25. The zero-order valence-electron chi connectivity index (χ0n) is 10.6. The molecule has 0 aromatic rings. The third-order valence-electron chi connectivity index (χ3n) is 3.76. The van der Waals surface area contributed by atoms with E-state index in [0.29, 0.717) is 19.1 Å². The minimum Gasteiger partial charge on any atom is -0.388 e. The van der Waals surface area contributed by atoms with E-state index >= 15 is 0 Å². The second kappa shape index (κ2) is 4.47. The Morgan fingerprint density at radius 1 is 1.50 bits per heavy atom. The smallest absolute Gasteiger partial charge is 0.0869 e. The molecule has 0 heterocycles. The highest BCUT2D eigenvalue weighted by Crippen LogP contribution is 2.42. The van der Waals surface area contributed by atoms with Crippen molar-refractivity contribution in [1.29, 1.82) is 0 Å². The van der Waals surface area contributed by atoms with Crippen molar-refractivity contribution in [3.63, 3.8) is 0 Å². The summed E-state index contributed by atoms with van der Waals surface area (Å²) < 4.78 is 0. The average Bonchev–Trinajstić information content (AvgIpc) is 2.45. The lowest BCUT2D eigenvalue weighted by molar-refractivity contribution is 0.0218. The lowest BCUT2D eigenvalue weighted by Crippen LogP contribution is -2.54. The fourth-order valence-electron chi connectivity index (χ4n) is 3.04. The Hall–Kier alpha value is -0.380. The summed E-state index contributed by atoms with van der Waals surface area (Å²) in [4.78, 5) is 2.03. The molecule has 2 aliphatic rings. The molecule has 0 amide bonds. The van der Waals surface area contributed by atoms with Crippen LogP contribution >= 0.6 is 0 Å². The Labute approximate surface area is 98.5 Å². The maximum absolute atomic E-state index is 10.2. The number of rotatable bonds is 5. The second-order valence-corrected chi connectivity index (χ2v) is 5.96. The molecule has 2 N–H and O–H groups in total. The summed E-state index contributed by atoms with van der Waals surface area (Å²) in [6.07, 6.45) is 7.17. The van der Waals surface area contributed by atoms with Crippen molar-refractivity contribution >= 4 is 0 Å². The number of hydrogen-bond donors (Lipinski definition) is 2. The van der Waals surface area contributed by atoms with Gasteiger partial charge in [-0.25, -0.2) is 0 Å². The van der Waals surface area contributed by atoms with Gasteiger partial charge in [0.1, 0.15) is 0 Å². The maximum Gasteiger partial charge on any atom is 0.0869 e. The predicted molar refractivity (Wildman–Crippen MR) is 66.3 cm³/mol. The van der Waals surface area contributed by atoms with Gasteiger partial charge in [0.2, 0.25) is 0 Å². The molecule has 4 unspecified atom stereocenters. The summed E-state index contributed by atoms with van der Waals surface area (Å²) in [5, 5.41) is 13.7. The van der Waals surface area contributed by atoms with Gasteiger partial charge in [0.25, 0.3) is 0 Å². The minimum atomic E-state index is -0.628. The van der Waals surface area contributed by atoms with E-state index in [1.54, 1.807) is 0 Å². The summed E-state index contributed by atoms with van der Waals surface area (Å²) in [5.74, 6) is 1.62. The van der Waals surface area contributed by atoms with Crippen molar-refractivity contribution in [2.24, 2.45) is 11.8 Å². The summed E-state index contributed by atoms with van der Waals surface area (Å²) in [5.41, 5.74) is -0.628. The fourth-order valence-corrected chi connectivity index (χ4v) is 3.04. The van der Waals surface area contributed by atoms with Gasteiger partial charge in [-0.15, -0.1) is 0 Å². The first kappa shape index (κ1) is 12.1. The van der Waals surface area contributed by atoms with Crippen molar-refractivity contribution in [3.8, 4) is 0 Å². The first-order chi connectivity index (χ1) is 7.48. The molecular weight excluding hydrogens is 200 g/mol. The Balaban J connectivity index is 1.73. The van der Waals surface area contributed by atoms with Crippen LogP contribution in [-0.4, -0.2) is 48.8 Å². The molecule has 0 aliphatic heterocycles. The van der Waals surface area contributed by atoms with Crippen molar-refractivity contribution in [1.82, 2.24) is 10.2 Å². The van der Waals surface area contributed by atoms with E-state index in [9.17, 15) is 5.11 Å². The molecule has 0 radical (unpaired) electrons. The molecule has 92 valence electrons. The number of aliphatic hydroxyl groups is 1. The molecule has 2 rings (SSSR count). The lowest BCUT2D eigenvalue weighted by Gasteiger charge is -2.42. The summed E-state index contributed by atoms with van der Waals surface area (Å²) in [6, 6.07) is 0.595. The normalized spacial score (nSPS) is 35.9. The lowest BCUT2D eigenvalue weighted by atomic mass is 9.71. The fraction of sp³-hybridized carbons (Fsp3) is 0.846. The monoisotopic (exact) mass is 224 g/mol. The van der Waals surface area contributed by atoms with Crippen LogP contribution in [0.4, 0.5) is 0 Å². The molecule has 1 saturated carbocycles. The van der Waals surface area contributed by atoms with Crippen LogP contribution in [0, 0.1) is 11.8 Å². The van der Waals surface area contributed by atoms with Gasteiger partial charge in [-0.2, -0.15) is 0 Å². The van der Waals surface area contributed by atoms with Crippen LogP contribution < -0.4 is 5.32 Å². The molecule has 2 aliphatic carbocycles. The molecule has 0 spiro atoms. The highest BCUT2D eigenvalue weighted by atomic mass is 16.3. The number of nitrogens with one attached hydrogen (secondary N) is 1. The van der Waals surface area contributed by atoms with Crippen molar-refractivity contribution in [3.05, 3.63) is 12.2 Å². The van der Waals surface area contributed by atoms with E-state index in [4.69, 9.17) is 0 Å². The van der Waals surface area contributed by atoms with Crippen molar-refractivity contribution in [2.45, 2.75) is 31.4 Å². The quantitative estimate of drug-likeness (QED) is 0.680. The topological polar surface area (TPSA) is 35.5 Å². The number of hydrogen-bond acceptors (Lipinski definition) is 3. The molecule has 0 aromatic carbocycles. The van der Waals surface area contributed by atoms with Gasteiger partial charge >= 0.3 is 0 Å². The van der Waals surface area contributed by atoms with Gasteiger partial charge in [0, 0.05) is 19.1 Å². The van der Waals surface area contributed by atoms with Crippen molar-refractivity contribution in [2.75, 3.05) is 27.2 Å². The van der Waals surface area contributed by atoms with Crippen LogP contribution in [0.3, 0.4) is 0 Å². The molecule has 0 bridgehead atoms. The average molecular weight is 224 g/mol. The highest BCUT2D eigenvalue weighted by molar-refractivity contribution is 5.13. The second-order valence-electron chi connectivity index (χ2n) is 5.96. The molecule has 3 nitrogen and oxygen atoms in total. The molecule has 0 aromatic heterocycles. The minimum absolute atomic E-state index is 0.595. The summed E-state index contributed by atoms with van der Waals surface area (Å²) in [7, 11) is 3.99.